The summed E-state index contributed by atoms with van der Waals surface area (Å²) in [5.41, 5.74) is 8.33. The predicted molar refractivity (Wildman–Crippen MR) is 115 cm³/mol. The van der Waals surface area contributed by atoms with Gasteiger partial charge in [0.05, 0.1) is 22.5 Å². The molecule has 1 saturated carbocycles. The number of benzene rings is 1. The molecule has 1 aliphatic carbocycles. The standard InChI is InChI=1S/C21H23F2N5O3S/c1-12-3-4-14(32(30,31)6-5-13-8-21(22,23)9-13)7-15(12)17-10-26-19-18(24)27-16(11-28(17)19)20(29)25-2/h3-4,7,10-11,13H,5-6,8-9H2,1-2H3,(H2,24,27)(H,25,29). The van der Waals surface area contributed by atoms with Gasteiger partial charge in [0.25, 0.3) is 5.91 Å². The zero-order valence-electron chi connectivity index (χ0n) is 17.6. The number of rotatable bonds is 6. The summed E-state index contributed by atoms with van der Waals surface area (Å²) in [6, 6.07) is 4.74. The number of aromatic nitrogens is 3. The fourth-order valence-corrected chi connectivity index (χ4v) is 5.40. The van der Waals surface area contributed by atoms with Crippen molar-refractivity contribution in [2.45, 2.75) is 37.0 Å². The minimum absolute atomic E-state index is 0.0658. The summed E-state index contributed by atoms with van der Waals surface area (Å²) in [5, 5.41) is 2.49. The number of carbonyl (C=O) groups is 1. The van der Waals surface area contributed by atoms with Gasteiger partial charge in [0, 0.05) is 31.6 Å². The van der Waals surface area contributed by atoms with Crippen LogP contribution in [0.15, 0.2) is 35.5 Å². The second-order valence-corrected chi connectivity index (χ2v) is 10.3. The minimum atomic E-state index is -3.66. The molecule has 3 aromatic rings. The average molecular weight is 464 g/mol. The molecule has 0 bridgehead atoms. The molecule has 0 spiro atoms. The Morgan fingerprint density at radius 2 is 2.06 bits per heavy atom. The molecule has 1 fully saturated rings. The van der Waals surface area contributed by atoms with Crippen LogP contribution in [0.5, 0.6) is 0 Å². The van der Waals surface area contributed by atoms with Gasteiger partial charge in [-0.15, -0.1) is 0 Å². The van der Waals surface area contributed by atoms with E-state index in [0.717, 1.165) is 5.56 Å². The van der Waals surface area contributed by atoms with Crippen LogP contribution in [0, 0.1) is 12.8 Å². The van der Waals surface area contributed by atoms with Crippen LogP contribution in [0.3, 0.4) is 0 Å². The Balaban J connectivity index is 1.69. The molecular formula is C21H23F2N5O3S. The molecule has 2 heterocycles. The quantitative estimate of drug-likeness (QED) is 0.580. The Bertz CT molecular complexity index is 1310. The second kappa shape index (κ2) is 7.80. The summed E-state index contributed by atoms with van der Waals surface area (Å²) in [5.74, 6) is -3.49. The van der Waals surface area contributed by atoms with Crippen molar-refractivity contribution < 1.29 is 22.0 Å². The molecule has 0 radical (unpaired) electrons. The van der Waals surface area contributed by atoms with Crippen LogP contribution in [0.4, 0.5) is 14.6 Å². The summed E-state index contributed by atoms with van der Waals surface area (Å²) in [7, 11) is -2.19. The van der Waals surface area contributed by atoms with Crippen LogP contribution >= 0.6 is 0 Å². The molecule has 11 heteroatoms. The van der Waals surface area contributed by atoms with Crippen LogP contribution in [0.25, 0.3) is 16.9 Å². The number of nitrogen functional groups attached to an aromatic ring is 1. The summed E-state index contributed by atoms with van der Waals surface area (Å²) >= 11 is 0. The molecule has 1 amide bonds. The van der Waals surface area contributed by atoms with Crippen molar-refractivity contribution in [2.75, 3.05) is 18.5 Å². The first-order valence-corrected chi connectivity index (χ1v) is 11.7. The van der Waals surface area contributed by atoms with Gasteiger partial charge < -0.3 is 11.1 Å². The predicted octanol–water partition coefficient (Wildman–Crippen LogP) is 2.86. The number of sulfone groups is 1. The number of alkyl halides is 2. The Labute approximate surface area is 183 Å². The number of anilines is 1. The van der Waals surface area contributed by atoms with Crippen molar-refractivity contribution >= 4 is 27.2 Å². The van der Waals surface area contributed by atoms with E-state index >= 15 is 0 Å². The van der Waals surface area contributed by atoms with Gasteiger partial charge in [-0.3, -0.25) is 9.20 Å². The van der Waals surface area contributed by atoms with E-state index in [9.17, 15) is 22.0 Å². The Morgan fingerprint density at radius 1 is 1.34 bits per heavy atom. The summed E-state index contributed by atoms with van der Waals surface area (Å²) in [4.78, 5) is 20.5. The van der Waals surface area contributed by atoms with Crippen molar-refractivity contribution in [1.29, 1.82) is 0 Å². The number of imidazole rings is 1. The molecule has 0 aliphatic heterocycles. The average Bonchev–Trinajstić information content (AvgIpc) is 3.14. The smallest absolute Gasteiger partial charge is 0.271 e. The van der Waals surface area contributed by atoms with Gasteiger partial charge in [0.15, 0.2) is 21.3 Å². The first-order valence-electron chi connectivity index (χ1n) is 10.1. The third-order valence-corrected chi connectivity index (χ3v) is 7.54. The molecule has 1 aliphatic rings. The maximum Gasteiger partial charge on any atom is 0.271 e. The summed E-state index contributed by atoms with van der Waals surface area (Å²) in [6.45, 7) is 1.83. The third kappa shape index (κ3) is 4.04. The van der Waals surface area contributed by atoms with Gasteiger partial charge >= 0.3 is 0 Å². The first-order chi connectivity index (χ1) is 15.0. The van der Waals surface area contributed by atoms with Crippen molar-refractivity contribution in [3.8, 4) is 11.3 Å². The Hall–Kier alpha value is -3.08. The lowest BCUT2D eigenvalue weighted by molar-refractivity contribution is -0.110. The highest BCUT2D eigenvalue weighted by Gasteiger charge is 2.45. The van der Waals surface area contributed by atoms with Crippen LogP contribution in [-0.4, -0.2) is 47.4 Å². The van der Waals surface area contributed by atoms with Crippen LogP contribution in [0.1, 0.15) is 35.3 Å². The second-order valence-electron chi connectivity index (χ2n) is 8.14. The van der Waals surface area contributed by atoms with E-state index in [1.165, 1.54) is 25.5 Å². The number of hydrogen-bond acceptors (Lipinski definition) is 6. The van der Waals surface area contributed by atoms with E-state index < -0.39 is 21.7 Å². The fraction of sp³-hybridized carbons (Fsp3) is 0.381. The Morgan fingerprint density at radius 3 is 2.72 bits per heavy atom. The number of nitrogens with two attached hydrogens (primary N) is 1. The van der Waals surface area contributed by atoms with Crippen molar-refractivity contribution in [3.05, 3.63) is 41.9 Å². The molecule has 170 valence electrons. The first kappa shape index (κ1) is 22.1. The van der Waals surface area contributed by atoms with Crippen molar-refractivity contribution in [1.82, 2.24) is 19.7 Å². The summed E-state index contributed by atoms with van der Waals surface area (Å²) < 4.78 is 53.4. The molecule has 2 aromatic heterocycles. The maximum absolute atomic E-state index is 13.0. The fourth-order valence-electron chi connectivity index (χ4n) is 3.95. The third-order valence-electron chi connectivity index (χ3n) is 5.79. The highest BCUT2D eigenvalue weighted by Crippen LogP contribution is 2.44. The largest absolute Gasteiger partial charge is 0.381 e. The van der Waals surface area contributed by atoms with Crippen molar-refractivity contribution in [3.63, 3.8) is 0 Å². The minimum Gasteiger partial charge on any atom is -0.381 e. The molecule has 1 aromatic carbocycles. The Kier molecular flexibility index (Phi) is 5.40. The molecule has 0 saturated heterocycles. The molecular weight excluding hydrogens is 440 g/mol. The number of nitrogens with zero attached hydrogens (tertiary/aromatic N) is 3. The van der Waals surface area contributed by atoms with Gasteiger partial charge in [-0.2, -0.15) is 0 Å². The zero-order chi connectivity index (χ0) is 23.3. The number of amides is 1. The van der Waals surface area contributed by atoms with Crippen LogP contribution in [-0.2, 0) is 9.84 Å². The van der Waals surface area contributed by atoms with Crippen LogP contribution < -0.4 is 11.1 Å². The maximum atomic E-state index is 13.0. The van der Waals surface area contributed by atoms with E-state index in [1.54, 1.807) is 16.5 Å². The van der Waals surface area contributed by atoms with E-state index in [0.29, 0.717) is 16.9 Å². The SMILES string of the molecule is CNC(=O)c1cn2c(-c3cc(S(=O)(=O)CCC4CC(F)(F)C4)ccc3C)cnc2c(N)n1. The normalized spacial score (nSPS) is 16.1. The number of nitrogens with one attached hydrogen (secondary N) is 1. The monoisotopic (exact) mass is 463 g/mol. The molecule has 32 heavy (non-hydrogen) atoms. The number of hydrogen-bond donors (Lipinski definition) is 2. The topological polar surface area (TPSA) is 119 Å². The highest BCUT2D eigenvalue weighted by atomic mass is 32.2. The lowest BCUT2D eigenvalue weighted by atomic mass is 9.80. The van der Waals surface area contributed by atoms with Gasteiger partial charge in [-0.25, -0.2) is 27.2 Å². The number of fused-ring (bicyclic) bond motifs is 1. The molecule has 3 N–H and O–H groups in total. The summed E-state index contributed by atoms with van der Waals surface area (Å²) in [6.07, 6.45) is 2.72. The van der Waals surface area contributed by atoms with Crippen LogP contribution in [0.2, 0.25) is 0 Å². The van der Waals surface area contributed by atoms with E-state index in [1.807, 2.05) is 6.92 Å². The van der Waals surface area contributed by atoms with Gasteiger partial charge in [-0.1, -0.05) is 6.07 Å². The van der Waals surface area contributed by atoms with E-state index in [4.69, 9.17) is 5.73 Å². The van der Waals surface area contributed by atoms with Gasteiger partial charge in [0.1, 0.15) is 5.69 Å². The van der Waals surface area contributed by atoms with E-state index in [2.05, 4.69) is 15.3 Å². The number of carbonyl (C=O) groups excluding carboxylic acids is 1. The number of halogens is 2. The van der Waals surface area contributed by atoms with Gasteiger partial charge in [0.2, 0.25) is 5.92 Å². The van der Waals surface area contributed by atoms with E-state index in [-0.39, 0.29) is 47.3 Å². The highest BCUT2D eigenvalue weighted by molar-refractivity contribution is 7.91. The molecule has 8 nitrogen and oxygen atoms in total. The van der Waals surface area contributed by atoms with Gasteiger partial charge in [-0.05, 0) is 37.0 Å². The lowest BCUT2D eigenvalue weighted by Crippen LogP contribution is -2.36. The number of aryl methyl sites for hydroxylation is 1. The van der Waals surface area contributed by atoms with Crippen molar-refractivity contribution in [2.24, 2.45) is 5.92 Å². The zero-order valence-corrected chi connectivity index (χ0v) is 18.4. The molecule has 4 rings (SSSR count). The molecule has 0 atom stereocenters. The lowest BCUT2D eigenvalue weighted by Gasteiger charge is -2.34. The molecule has 0 unspecified atom stereocenters.